The van der Waals surface area contributed by atoms with Crippen LogP contribution < -0.4 is 5.32 Å². The molecular formula is C13H24N2O. The zero-order valence-electron chi connectivity index (χ0n) is 10.5. The largest absolute Gasteiger partial charge is 0.341 e. The summed E-state index contributed by atoms with van der Waals surface area (Å²) in [5.41, 5.74) is 0. The maximum Gasteiger partial charge on any atom is 0.222 e. The number of amides is 1. The van der Waals surface area contributed by atoms with Crippen LogP contribution in [0.4, 0.5) is 0 Å². The van der Waals surface area contributed by atoms with Crippen molar-refractivity contribution in [1.82, 2.24) is 10.2 Å². The van der Waals surface area contributed by atoms with Gasteiger partial charge in [0.05, 0.1) is 0 Å². The van der Waals surface area contributed by atoms with Crippen molar-refractivity contribution in [3.63, 3.8) is 0 Å². The lowest BCUT2D eigenvalue weighted by Crippen LogP contribution is -2.39. The smallest absolute Gasteiger partial charge is 0.222 e. The summed E-state index contributed by atoms with van der Waals surface area (Å²) in [7, 11) is 0. The van der Waals surface area contributed by atoms with Crippen LogP contribution in [-0.2, 0) is 4.79 Å². The number of hydrogen-bond donors (Lipinski definition) is 1. The number of carbonyl (C=O) groups is 1. The Bertz CT molecular complexity index is 252. The molecule has 2 atom stereocenters. The van der Waals surface area contributed by atoms with E-state index in [4.69, 9.17) is 0 Å². The van der Waals surface area contributed by atoms with Crippen LogP contribution in [0.15, 0.2) is 0 Å². The van der Waals surface area contributed by atoms with Gasteiger partial charge in [0.15, 0.2) is 0 Å². The predicted molar refractivity (Wildman–Crippen MR) is 65.2 cm³/mol. The van der Waals surface area contributed by atoms with Gasteiger partial charge in [-0.25, -0.2) is 0 Å². The van der Waals surface area contributed by atoms with Gasteiger partial charge in [0.25, 0.3) is 0 Å². The third-order valence-corrected chi connectivity index (χ3v) is 3.81. The van der Waals surface area contributed by atoms with Crippen LogP contribution in [0.25, 0.3) is 0 Å². The van der Waals surface area contributed by atoms with Gasteiger partial charge in [-0.1, -0.05) is 13.8 Å². The van der Waals surface area contributed by atoms with E-state index in [9.17, 15) is 4.79 Å². The van der Waals surface area contributed by atoms with E-state index in [1.54, 1.807) is 0 Å². The summed E-state index contributed by atoms with van der Waals surface area (Å²) in [6.45, 7) is 6.26. The lowest BCUT2D eigenvalue weighted by molar-refractivity contribution is -0.131. The molecule has 1 amide bonds. The summed E-state index contributed by atoms with van der Waals surface area (Å²) >= 11 is 0. The Kier molecular flexibility index (Phi) is 3.85. The predicted octanol–water partition coefficient (Wildman–Crippen LogP) is 1.78. The molecule has 2 heterocycles. The molecule has 0 spiro atoms. The van der Waals surface area contributed by atoms with Crippen molar-refractivity contribution in [3.8, 4) is 0 Å². The second-order valence-electron chi connectivity index (χ2n) is 5.70. The van der Waals surface area contributed by atoms with Crippen molar-refractivity contribution in [2.45, 2.75) is 58.0 Å². The van der Waals surface area contributed by atoms with Gasteiger partial charge < -0.3 is 10.2 Å². The first kappa shape index (κ1) is 11.9. The number of rotatable bonds is 3. The Balaban J connectivity index is 1.82. The number of nitrogens with zero attached hydrogens (tertiary/aromatic N) is 1. The second kappa shape index (κ2) is 5.17. The fraction of sp³-hybridized carbons (Fsp3) is 0.923. The van der Waals surface area contributed by atoms with E-state index in [-0.39, 0.29) is 0 Å². The minimum atomic E-state index is 0.364. The average Bonchev–Trinajstić information content (AvgIpc) is 2.55. The summed E-state index contributed by atoms with van der Waals surface area (Å²) in [4.78, 5) is 14.1. The van der Waals surface area contributed by atoms with Crippen molar-refractivity contribution in [2.24, 2.45) is 5.92 Å². The Morgan fingerprint density at radius 2 is 2.06 bits per heavy atom. The normalized spacial score (nSPS) is 29.6. The maximum atomic E-state index is 12.0. The molecule has 0 aromatic heterocycles. The van der Waals surface area contributed by atoms with Crippen molar-refractivity contribution in [3.05, 3.63) is 0 Å². The van der Waals surface area contributed by atoms with Crippen molar-refractivity contribution in [2.75, 3.05) is 13.1 Å². The number of likely N-dealkylation sites (tertiary alicyclic amines) is 1. The maximum absolute atomic E-state index is 12.0. The van der Waals surface area contributed by atoms with Crippen LogP contribution in [-0.4, -0.2) is 36.0 Å². The van der Waals surface area contributed by atoms with Crippen LogP contribution in [0.3, 0.4) is 0 Å². The summed E-state index contributed by atoms with van der Waals surface area (Å²) in [6, 6.07) is 1.24. The molecule has 2 saturated heterocycles. The topological polar surface area (TPSA) is 32.3 Å². The highest BCUT2D eigenvalue weighted by atomic mass is 16.2. The molecule has 3 nitrogen and oxygen atoms in total. The Morgan fingerprint density at radius 1 is 1.31 bits per heavy atom. The fourth-order valence-electron chi connectivity index (χ4n) is 2.74. The molecule has 0 unspecified atom stereocenters. The molecule has 0 saturated carbocycles. The van der Waals surface area contributed by atoms with Gasteiger partial charge in [0, 0.05) is 31.6 Å². The van der Waals surface area contributed by atoms with Gasteiger partial charge in [-0.2, -0.15) is 0 Å². The number of carbonyl (C=O) groups excluding carboxylic acids is 1. The lowest BCUT2D eigenvalue weighted by atomic mass is 10.1. The molecule has 0 aromatic carbocycles. The molecule has 3 heteroatoms. The minimum Gasteiger partial charge on any atom is -0.341 e. The first-order valence-corrected chi connectivity index (χ1v) is 6.69. The van der Waals surface area contributed by atoms with Gasteiger partial charge >= 0.3 is 0 Å². The van der Waals surface area contributed by atoms with E-state index < -0.39 is 0 Å². The quantitative estimate of drug-likeness (QED) is 0.792. The Hall–Kier alpha value is -0.570. The van der Waals surface area contributed by atoms with E-state index in [2.05, 4.69) is 24.1 Å². The highest BCUT2D eigenvalue weighted by Gasteiger charge is 2.30. The molecule has 92 valence electrons. The zero-order valence-corrected chi connectivity index (χ0v) is 10.5. The minimum absolute atomic E-state index is 0.364. The summed E-state index contributed by atoms with van der Waals surface area (Å²) in [5, 5.41) is 3.61. The highest BCUT2D eigenvalue weighted by Crippen LogP contribution is 2.21. The van der Waals surface area contributed by atoms with E-state index in [1.807, 2.05) is 0 Å². The third-order valence-electron chi connectivity index (χ3n) is 3.81. The van der Waals surface area contributed by atoms with Crippen molar-refractivity contribution in [1.29, 1.82) is 0 Å². The molecule has 2 aliphatic rings. The summed E-state index contributed by atoms with van der Waals surface area (Å²) < 4.78 is 0. The van der Waals surface area contributed by atoms with E-state index in [0.717, 1.165) is 32.4 Å². The molecular weight excluding hydrogens is 200 g/mol. The lowest BCUT2D eigenvalue weighted by Gasteiger charge is -2.24. The molecule has 2 rings (SSSR count). The molecule has 2 fully saturated rings. The summed E-state index contributed by atoms with van der Waals surface area (Å²) in [6.07, 6.45) is 5.45. The monoisotopic (exact) mass is 224 g/mol. The van der Waals surface area contributed by atoms with Gasteiger partial charge in [0.2, 0.25) is 5.91 Å². The number of nitrogens with one attached hydrogen (secondary N) is 1. The van der Waals surface area contributed by atoms with Crippen LogP contribution in [0.1, 0.15) is 46.0 Å². The van der Waals surface area contributed by atoms with E-state index >= 15 is 0 Å². The van der Waals surface area contributed by atoms with Gasteiger partial charge in [-0.15, -0.1) is 0 Å². The number of hydrogen-bond acceptors (Lipinski definition) is 2. The van der Waals surface area contributed by atoms with Crippen molar-refractivity contribution >= 4 is 5.91 Å². The summed E-state index contributed by atoms with van der Waals surface area (Å²) in [5.74, 6) is 0.994. The third kappa shape index (κ3) is 2.97. The van der Waals surface area contributed by atoms with Crippen LogP contribution in [0.2, 0.25) is 0 Å². The SMILES string of the molecule is CC(C)CCC(=O)N1CC[C@H]2CC[C@@H](C1)N2. The zero-order chi connectivity index (χ0) is 11.5. The first-order valence-electron chi connectivity index (χ1n) is 6.69. The highest BCUT2D eigenvalue weighted by molar-refractivity contribution is 5.76. The van der Waals surface area contributed by atoms with Crippen LogP contribution >= 0.6 is 0 Å². The van der Waals surface area contributed by atoms with Crippen LogP contribution in [0, 0.1) is 5.92 Å². The molecule has 2 bridgehead atoms. The molecule has 2 aliphatic heterocycles. The first-order chi connectivity index (χ1) is 7.65. The second-order valence-corrected chi connectivity index (χ2v) is 5.70. The molecule has 0 aromatic rings. The fourth-order valence-corrected chi connectivity index (χ4v) is 2.74. The molecule has 1 N–H and O–H groups in total. The standard InChI is InChI=1S/C13H24N2O/c1-10(2)3-6-13(16)15-8-7-11-4-5-12(9-15)14-11/h10-12,14H,3-9H2,1-2H3/t11-,12+/m1/s1. The van der Waals surface area contributed by atoms with Crippen LogP contribution in [0.5, 0.6) is 0 Å². The van der Waals surface area contributed by atoms with Gasteiger partial charge in [-0.05, 0) is 31.6 Å². The molecule has 16 heavy (non-hydrogen) atoms. The van der Waals surface area contributed by atoms with E-state index in [1.165, 1.54) is 12.8 Å². The Labute approximate surface area is 98.6 Å². The van der Waals surface area contributed by atoms with Gasteiger partial charge in [-0.3, -0.25) is 4.79 Å². The molecule has 0 radical (unpaired) electrons. The van der Waals surface area contributed by atoms with Crippen molar-refractivity contribution < 1.29 is 4.79 Å². The Morgan fingerprint density at radius 3 is 2.81 bits per heavy atom. The number of fused-ring (bicyclic) bond motifs is 2. The molecule has 0 aliphatic carbocycles. The van der Waals surface area contributed by atoms with Gasteiger partial charge in [0.1, 0.15) is 0 Å². The van der Waals surface area contributed by atoms with E-state index in [0.29, 0.717) is 23.9 Å². The average molecular weight is 224 g/mol.